The Labute approximate surface area is 107 Å². The molecule has 18 heavy (non-hydrogen) atoms. The van der Waals surface area contributed by atoms with E-state index in [9.17, 15) is 13.2 Å². The Morgan fingerprint density at radius 1 is 1.39 bits per heavy atom. The van der Waals surface area contributed by atoms with Crippen molar-refractivity contribution in [2.45, 2.75) is 0 Å². The summed E-state index contributed by atoms with van der Waals surface area (Å²) >= 11 is 0. The van der Waals surface area contributed by atoms with Crippen LogP contribution in [0.1, 0.15) is 10.4 Å². The molecule has 0 unspecified atom stereocenters. The quantitative estimate of drug-likeness (QED) is 0.599. The molecule has 0 aromatic heterocycles. The lowest BCUT2D eigenvalue weighted by molar-refractivity contribution is 0.0601. The van der Waals surface area contributed by atoms with E-state index in [-0.39, 0.29) is 6.54 Å². The molecule has 0 N–H and O–H groups in total. The molecule has 0 bridgehead atoms. The van der Waals surface area contributed by atoms with Gasteiger partial charge in [0.1, 0.15) is 0 Å². The molecule has 0 saturated carbocycles. The number of sulfonamides is 1. The molecule has 1 aromatic rings. The van der Waals surface area contributed by atoms with Crippen LogP contribution in [0.5, 0.6) is 0 Å². The number of nitrogens with zero attached hydrogens (tertiary/aromatic N) is 1. The zero-order valence-corrected chi connectivity index (χ0v) is 11.1. The number of benzene rings is 1. The summed E-state index contributed by atoms with van der Waals surface area (Å²) in [5.74, 6) is -0.462. The summed E-state index contributed by atoms with van der Waals surface area (Å²) in [5, 5.41) is 0. The molecule has 0 aliphatic carbocycles. The first-order valence-corrected chi connectivity index (χ1v) is 7.02. The zero-order valence-electron chi connectivity index (χ0n) is 10.3. The first-order valence-electron chi connectivity index (χ1n) is 5.17. The van der Waals surface area contributed by atoms with Gasteiger partial charge in [-0.3, -0.25) is 4.31 Å². The summed E-state index contributed by atoms with van der Waals surface area (Å²) in [6.07, 6.45) is 2.61. The minimum absolute atomic E-state index is 0.177. The molecule has 1 rings (SSSR count). The summed E-state index contributed by atoms with van der Waals surface area (Å²) in [6.45, 7) is 3.70. The highest BCUT2D eigenvalue weighted by atomic mass is 32.2. The first-order chi connectivity index (χ1) is 8.40. The maximum atomic E-state index is 11.6. The van der Waals surface area contributed by atoms with Crippen molar-refractivity contribution in [3.8, 4) is 0 Å². The van der Waals surface area contributed by atoms with Crippen molar-refractivity contribution in [3.05, 3.63) is 42.5 Å². The molecule has 6 heteroatoms. The van der Waals surface area contributed by atoms with Crippen LogP contribution in [0.15, 0.2) is 36.9 Å². The van der Waals surface area contributed by atoms with E-state index in [1.807, 2.05) is 0 Å². The highest BCUT2D eigenvalue weighted by molar-refractivity contribution is 7.92. The third-order valence-corrected chi connectivity index (χ3v) is 3.43. The van der Waals surface area contributed by atoms with Gasteiger partial charge in [-0.15, -0.1) is 6.58 Å². The van der Waals surface area contributed by atoms with E-state index in [0.29, 0.717) is 11.3 Å². The van der Waals surface area contributed by atoms with Gasteiger partial charge in [0.25, 0.3) is 0 Å². The smallest absolute Gasteiger partial charge is 0.337 e. The van der Waals surface area contributed by atoms with Gasteiger partial charge in [-0.1, -0.05) is 6.08 Å². The molecular formula is C12H15NO4S. The van der Waals surface area contributed by atoms with E-state index in [1.165, 1.54) is 29.6 Å². The van der Waals surface area contributed by atoms with E-state index in [4.69, 9.17) is 0 Å². The van der Waals surface area contributed by atoms with Crippen LogP contribution in [0.25, 0.3) is 0 Å². The topological polar surface area (TPSA) is 63.7 Å². The van der Waals surface area contributed by atoms with Crippen LogP contribution in [0, 0.1) is 0 Å². The van der Waals surface area contributed by atoms with Crippen LogP contribution in [-0.4, -0.2) is 34.3 Å². The summed E-state index contributed by atoms with van der Waals surface area (Å²) < 4.78 is 28.9. The zero-order chi connectivity index (χ0) is 13.8. The van der Waals surface area contributed by atoms with Crippen molar-refractivity contribution in [1.29, 1.82) is 0 Å². The predicted molar refractivity (Wildman–Crippen MR) is 70.2 cm³/mol. The molecule has 0 saturated heterocycles. The van der Waals surface area contributed by atoms with Crippen molar-refractivity contribution in [2.24, 2.45) is 0 Å². The molecule has 0 fully saturated rings. The van der Waals surface area contributed by atoms with E-state index < -0.39 is 16.0 Å². The van der Waals surface area contributed by atoms with Crippen LogP contribution >= 0.6 is 0 Å². The molecule has 0 amide bonds. The van der Waals surface area contributed by atoms with Gasteiger partial charge in [-0.05, 0) is 24.3 Å². The summed E-state index contributed by atoms with van der Waals surface area (Å²) in [4.78, 5) is 11.2. The number of esters is 1. The van der Waals surface area contributed by atoms with Gasteiger partial charge in [0.15, 0.2) is 0 Å². The Morgan fingerprint density at radius 3 is 2.33 bits per heavy atom. The number of rotatable bonds is 5. The second kappa shape index (κ2) is 5.68. The fourth-order valence-corrected chi connectivity index (χ4v) is 2.31. The van der Waals surface area contributed by atoms with Crippen molar-refractivity contribution in [1.82, 2.24) is 0 Å². The number of hydrogen-bond acceptors (Lipinski definition) is 4. The van der Waals surface area contributed by atoms with Gasteiger partial charge < -0.3 is 4.74 Å². The third-order valence-electron chi connectivity index (χ3n) is 2.27. The fraction of sp³-hybridized carbons (Fsp3) is 0.250. The standard InChI is InChI=1S/C12H15NO4S/c1-4-9-13(18(3,15)16)11-7-5-10(6-8-11)12(14)17-2/h4-8H,1,9H2,2-3H3. The second-order valence-corrected chi connectivity index (χ2v) is 5.53. The highest BCUT2D eigenvalue weighted by Gasteiger charge is 2.16. The lowest BCUT2D eigenvalue weighted by Gasteiger charge is -2.20. The lowest BCUT2D eigenvalue weighted by atomic mass is 10.2. The molecule has 0 heterocycles. The Balaban J connectivity index is 3.09. The molecule has 0 spiro atoms. The largest absolute Gasteiger partial charge is 0.465 e. The average molecular weight is 269 g/mol. The predicted octanol–water partition coefficient (Wildman–Crippen LogP) is 1.43. The monoisotopic (exact) mass is 269 g/mol. The number of anilines is 1. The summed E-state index contributed by atoms with van der Waals surface area (Å²) in [6, 6.07) is 6.14. The number of methoxy groups -OCH3 is 1. The highest BCUT2D eigenvalue weighted by Crippen LogP contribution is 2.18. The van der Waals surface area contributed by atoms with E-state index in [2.05, 4.69) is 11.3 Å². The molecule has 0 atom stereocenters. The SMILES string of the molecule is C=CCN(c1ccc(C(=O)OC)cc1)S(C)(=O)=O. The Morgan fingerprint density at radius 2 is 1.94 bits per heavy atom. The lowest BCUT2D eigenvalue weighted by Crippen LogP contribution is -2.29. The normalized spacial score (nSPS) is 10.8. The van der Waals surface area contributed by atoms with Crippen molar-refractivity contribution >= 4 is 21.7 Å². The maximum absolute atomic E-state index is 11.6. The van der Waals surface area contributed by atoms with E-state index in [1.54, 1.807) is 12.1 Å². The average Bonchev–Trinajstić information content (AvgIpc) is 2.34. The van der Waals surface area contributed by atoms with Crippen molar-refractivity contribution in [3.63, 3.8) is 0 Å². The molecule has 1 aromatic carbocycles. The van der Waals surface area contributed by atoms with Gasteiger partial charge in [-0.2, -0.15) is 0 Å². The summed E-state index contributed by atoms with van der Waals surface area (Å²) in [5.41, 5.74) is 0.846. The second-order valence-electron chi connectivity index (χ2n) is 3.62. The minimum Gasteiger partial charge on any atom is -0.465 e. The van der Waals surface area contributed by atoms with Crippen LogP contribution < -0.4 is 4.31 Å². The maximum Gasteiger partial charge on any atom is 0.337 e. The minimum atomic E-state index is -3.37. The number of ether oxygens (including phenoxy) is 1. The van der Waals surface area contributed by atoms with Gasteiger partial charge in [-0.25, -0.2) is 13.2 Å². The van der Waals surface area contributed by atoms with E-state index >= 15 is 0 Å². The van der Waals surface area contributed by atoms with Crippen LogP contribution in [0.4, 0.5) is 5.69 Å². The Kier molecular flexibility index (Phi) is 4.49. The molecule has 0 radical (unpaired) electrons. The van der Waals surface area contributed by atoms with Crippen molar-refractivity contribution < 1.29 is 17.9 Å². The van der Waals surface area contributed by atoms with Crippen LogP contribution in [0.2, 0.25) is 0 Å². The van der Waals surface area contributed by atoms with Crippen LogP contribution in [0.3, 0.4) is 0 Å². The van der Waals surface area contributed by atoms with E-state index in [0.717, 1.165) is 6.26 Å². The number of hydrogen-bond donors (Lipinski definition) is 0. The third kappa shape index (κ3) is 3.33. The summed E-state index contributed by atoms with van der Waals surface area (Å²) in [7, 11) is -2.08. The molecular weight excluding hydrogens is 254 g/mol. The van der Waals surface area contributed by atoms with Gasteiger partial charge in [0, 0.05) is 0 Å². The van der Waals surface area contributed by atoms with Crippen molar-refractivity contribution in [2.75, 3.05) is 24.2 Å². The fourth-order valence-electron chi connectivity index (χ4n) is 1.43. The van der Waals surface area contributed by atoms with Crippen LogP contribution in [-0.2, 0) is 14.8 Å². The van der Waals surface area contributed by atoms with Gasteiger partial charge >= 0.3 is 5.97 Å². The van der Waals surface area contributed by atoms with Gasteiger partial charge in [0.2, 0.25) is 10.0 Å². The number of carbonyl (C=O) groups excluding carboxylic acids is 1. The molecule has 0 aliphatic heterocycles. The van der Waals surface area contributed by atoms with Gasteiger partial charge in [0.05, 0.1) is 31.2 Å². The Hall–Kier alpha value is -1.82. The molecule has 98 valence electrons. The Bertz CT molecular complexity index is 534. The number of carbonyl (C=O) groups is 1. The molecule has 0 aliphatic rings. The first kappa shape index (κ1) is 14.2. The molecule has 5 nitrogen and oxygen atoms in total.